The summed E-state index contributed by atoms with van der Waals surface area (Å²) in [7, 11) is -4.60. The molecule has 0 radical (unpaired) electrons. The van der Waals surface area contributed by atoms with E-state index in [0.29, 0.717) is 22.1 Å². The second-order valence-electron chi connectivity index (χ2n) is 8.53. The summed E-state index contributed by atoms with van der Waals surface area (Å²) < 4.78 is 41.8. The number of Topliss-reactive ketones (excluding diaryl/α,β-unsaturated/α-hetero) is 1. The summed E-state index contributed by atoms with van der Waals surface area (Å²) in [5.41, 5.74) is 0. The molecule has 0 aliphatic carbocycles. The molecule has 11 heteroatoms. The molecule has 1 fully saturated rings. The first-order chi connectivity index (χ1) is 16.1. The Balaban J connectivity index is 2.05. The molecule has 1 aliphatic rings. The largest absolute Gasteiger partial charge is 0.339 e. The van der Waals surface area contributed by atoms with E-state index in [-0.39, 0.29) is 25.3 Å². The van der Waals surface area contributed by atoms with Crippen LogP contribution in [-0.2, 0) is 19.6 Å². The van der Waals surface area contributed by atoms with Gasteiger partial charge in [0.25, 0.3) is 21.8 Å². The van der Waals surface area contributed by atoms with E-state index in [4.69, 9.17) is 0 Å². The van der Waals surface area contributed by atoms with E-state index >= 15 is 0 Å². The van der Waals surface area contributed by atoms with Crippen LogP contribution in [0.15, 0.2) is 46.7 Å². The van der Waals surface area contributed by atoms with E-state index in [1.54, 1.807) is 17.5 Å². The quantitative estimate of drug-likeness (QED) is 0.566. The molecule has 2 atom stereocenters. The molecule has 3 rings (SSSR count). The van der Waals surface area contributed by atoms with Crippen LogP contribution >= 0.6 is 11.3 Å². The van der Waals surface area contributed by atoms with Crippen molar-refractivity contribution >= 4 is 39.0 Å². The fraction of sp³-hybridized carbons (Fsp3) is 0.435. The van der Waals surface area contributed by atoms with Crippen molar-refractivity contribution in [1.29, 1.82) is 0 Å². The number of rotatable bonds is 8. The van der Waals surface area contributed by atoms with Crippen LogP contribution in [0.4, 0.5) is 4.39 Å². The molecule has 8 nitrogen and oxygen atoms in total. The number of hydrogen-bond donors (Lipinski definition) is 2. The van der Waals surface area contributed by atoms with Crippen molar-refractivity contribution in [3.05, 3.63) is 52.5 Å². The summed E-state index contributed by atoms with van der Waals surface area (Å²) in [6, 6.07) is 5.15. The Kier molecular flexibility index (Phi) is 8.56. The minimum Gasteiger partial charge on any atom is -0.339 e. The molecule has 2 aromatic rings. The molecule has 2 amide bonds. The van der Waals surface area contributed by atoms with Gasteiger partial charge in [0.1, 0.15) is 17.9 Å². The number of ketones is 1. The molecular formula is C23H28FN3O5S2. The highest BCUT2D eigenvalue weighted by Crippen LogP contribution is 2.25. The van der Waals surface area contributed by atoms with Crippen LogP contribution in [0.5, 0.6) is 0 Å². The Hall–Kier alpha value is -2.63. The van der Waals surface area contributed by atoms with Crippen LogP contribution in [0.1, 0.15) is 42.8 Å². The van der Waals surface area contributed by atoms with Gasteiger partial charge in [-0.3, -0.25) is 14.4 Å². The van der Waals surface area contributed by atoms with Gasteiger partial charge in [0.05, 0.1) is 16.3 Å². The van der Waals surface area contributed by atoms with Gasteiger partial charge in [-0.15, -0.1) is 11.3 Å². The number of thiophene rings is 1. The van der Waals surface area contributed by atoms with Crippen LogP contribution in [0.2, 0.25) is 0 Å². The van der Waals surface area contributed by atoms with Gasteiger partial charge in [-0.2, -0.15) is 0 Å². The number of halogens is 1. The van der Waals surface area contributed by atoms with Gasteiger partial charge in [-0.1, -0.05) is 26.0 Å². The van der Waals surface area contributed by atoms with E-state index in [9.17, 15) is 27.2 Å². The third-order valence-electron chi connectivity index (χ3n) is 5.41. The maximum atomic E-state index is 13.9. The van der Waals surface area contributed by atoms with Gasteiger partial charge < -0.3 is 10.6 Å². The fourth-order valence-corrected chi connectivity index (χ4v) is 6.11. The van der Waals surface area contributed by atoms with E-state index in [2.05, 4.69) is 10.6 Å². The van der Waals surface area contributed by atoms with Gasteiger partial charge in [0, 0.05) is 0 Å². The van der Waals surface area contributed by atoms with Crippen molar-refractivity contribution in [2.75, 3.05) is 13.1 Å². The zero-order valence-corrected chi connectivity index (χ0v) is 20.6. The molecule has 1 aromatic carbocycles. The Morgan fingerprint density at radius 1 is 1.26 bits per heavy atom. The van der Waals surface area contributed by atoms with Gasteiger partial charge in [0.15, 0.2) is 5.78 Å². The van der Waals surface area contributed by atoms with Crippen molar-refractivity contribution in [3.8, 4) is 0 Å². The smallest absolute Gasteiger partial charge is 0.267 e. The molecule has 0 bridgehead atoms. The van der Waals surface area contributed by atoms with Crippen molar-refractivity contribution in [1.82, 2.24) is 14.9 Å². The van der Waals surface area contributed by atoms with Gasteiger partial charge in [-0.25, -0.2) is 17.1 Å². The fourth-order valence-electron chi connectivity index (χ4n) is 3.82. The maximum Gasteiger partial charge on any atom is 0.267 e. The van der Waals surface area contributed by atoms with Crippen LogP contribution in [0, 0.1) is 11.7 Å². The Bertz CT molecular complexity index is 1140. The first-order valence-electron chi connectivity index (χ1n) is 11.0. The van der Waals surface area contributed by atoms with Crippen LogP contribution < -0.4 is 10.6 Å². The molecule has 0 saturated carbocycles. The number of nitrogens with one attached hydrogen (secondary N) is 2. The third-order valence-corrected chi connectivity index (χ3v) is 8.08. The molecule has 2 heterocycles. The molecule has 184 valence electrons. The van der Waals surface area contributed by atoms with E-state index in [1.807, 2.05) is 13.8 Å². The second-order valence-corrected chi connectivity index (χ2v) is 11.3. The van der Waals surface area contributed by atoms with Crippen molar-refractivity contribution in [2.24, 2.45) is 5.92 Å². The molecule has 34 heavy (non-hydrogen) atoms. The average Bonchev–Trinajstić information content (AvgIpc) is 3.24. The van der Waals surface area contributed by atoms with Crippen molar-refractivity contribution in [3.63, 3.8) is 0 Å². The molecule has 2 N–H and O–H groups in total. The molecule has 0 spiro atoms. The zero-order valence-electron chi connectivity index (χ0n) is 19.0. The Labute approximate surface area is 202 Å². The first kappa shape index (κ1) is 26.0. The molecule has 1 aromatic heterocycles. The Morgan fingerprint density at radius 3 is 2.68 bits per heavy atom. The summed E-state index contributed by atoms with van der Waals surface area (Å²) in [4.78, 5) is 39.4. The number of carbonyl (C=O) groups excluding carboxylic acids is 3. The molecule has 1 unspecified atom stereocenters. The number of amides is 2. The monoisotopic (exact) mass is 509 g/mol. The lowest BCUT2D eigenvalue weighted by Crippen LogP contribution is -2.56. The molecular weight excluding hydrogens is 481 g/mol. The second kappa shape index (κ2) is 11.2. The van der Waals surface area contributed by atoms with E-state index in [0.717, 1.165) is 12.1 Å². The lowest BCUT2D eigenvalue weighted by Gasteiger charge is -2.33. The predicted molar refractivity (Wildman–Crippen MR) is 126 cm³/mol. The number of sulfonamides is 1. The molecule has 1 aliphatic heterocycles. The van der Waals surface area contributed by atoms with Crippen molar-refractivity contribution in [2.45, 2.75) is 50.1 Å². The molecule has 1 saturated heterocycles. The minimum atomic E-state index is -4.60. The van der Waals surface area contributed by atoms with Gasteiger partial charge in [0.2, 0.25) is 0 Å². The number of nitrogens with zero attached hydrogens (tertiary/aromatic N) is 1. The standard InChI is InChI=1S/C23H28FN3O5S2/c1-15(2)12-18(26-22(29)21-9-5-11-33-21)23(30)27(19-8-4-10-25-14-20(19)28)34(31,32)17-7-3-6-16(24)13-17/h3,5-7,9,11,13,15,18-19,25H,4,8,10,12,14H2,1-2H3,(H,26,29)/t18?,19-/m0/s1. The highest BCUT2D eigenvalue weighted by molar-refractivity contribution is 7.89. The highest BCUT2D eigenvalue weighted by Gasteiger charge is 2.43. The Morgan fingerprint density at radius 2 is 2.03 bits per heavy atom. The highest BCUT2D eigenvalue weighted by atomic mass is 32.2. The number of carbonyl (C=O) groups is 3. The minimum absolute atomic E-state index is 0.0668. The lowest BCUT2D eigenvalue weighted by atomic mass is 10.0. The summed E-state index contributed by atoms with van der Waals surface area (Å²) in [6.07, 6.45) is 0.749. The van der Waals surface area contributed by atoms with Crippen LogP contribution in [0.3, 0.4) is 0 Å². The summed E-state index contributed by atoms with van der Waals surface area (Å²) in [5.74, 6) is -2.73. The van der Waals surface area contributed by atoms with E-state index < -0.39 is 50.4 Å². The van der Waals surface area contributed by atoms with E-state index in [1.165, 1.54) is 23.5 Å². The predicted octanol–water partition coefficient (Wildman–Crippen LogP) is 2.57. The maximum absolute atomic E-state index is 13.9. The SMILES string of the molecule is CC(C)CC(NC(=O)c1cccs1)C(=O)N([C@H]1CCCNCC1=O)S(=O)(=O)c1cccc(F)c1. The van der Waals surface area contributed by atoms with Gasteiger partial charge >= 0.3 is 0 Å². The number of benzene rings is 1. The van der Waals surface area contributed by atoms with Crippen molar-refractivity contribution < 1.29 is 27.2 Å². The topological polar surface area (TPSA) is 113 Å². The van der Waals surface area contributed by atoms with Crippen LogP contribution in [0.25, 0.3) is 0 Å². The van der Waals surface area contributed by atoms with Crippen LogP contribution in [-0.4, -0.2) is 55.5 Å². The third kappa shape index (κ3) is 6.08. The summed E-state index contributed by atoms with van der Waals surface area (Å²) >= 11 is 1.19. The lowest BCUT2D eigenvalue weighted by molar-refractivity contribution is -0.135. The summed E-state index contributed by atoms with van der Waals surface area (Å²) in [6.45, 7) is 4.08. The summed E-state index contributed by atoms with van der Waals surface area (Å²) in [5, 5.41) is 7.29. The average molecular weight is 510 g/mol. The van der Waals surface area contributed by atoms with Gasteiger partial charge in [-0.05, 0) is 61.4 Å². The zero-order chi connectivity index (χ0) is 24.9. The first-order valence-corrected chi connectivity index (χ1v) is 13.3. The number of hydrogen-bond acceptors (Lipinski definition) is 7. The normalized spacial score (nSPS) is 17.8.